The molecule has 2 rings (SSSR count). The van der Waals surface area contributed by atoms with Crippen LogP contribution in [0, 0.1) is 0 Å². The van der Waals surface area contributed by atoms with Crippen LogP contribution in [0.1, 0.15) is 13.3 Å². The lowest BCUT2D eigenvalue weighted by molar-refractivity contribution is 0.134. The lowest BCUT2D eigenvalue weighted by Gasteiger charge is -2.33. The van der Waals surface area contributed by atoms with E-state index in [1.165, 1.54) is 32.7 Å². The van der Waals surface area contributed by atoms with Crippen molar-refractivity contribution >= 4 is 5.82 Å². The van der Waals surface area contributed by atoms with Gasteiger partial charge in [0.1, 0.15) is 5.82 Å². The summed E-state index contributed by atoms with van der Waals surface area (Å²) >= 11 is 0. The maximum atomic E-state index is 5.58. The Morgan fingerprint density at radius 1 is 1.18 bits per heavy atom. The predicted molar refractivity (Wildman–Crippen MR) is 69.8 cm³/mol. The summed E-state index contributed by atoms with van der Waals surface area (Å²) in [6.45, 7) is 10.4. The second kappa shape index (κ2) is 6.02. The number of likely N-dealkylation sites (N-methyl/N-ethyl adjacent to an activating group) is 1. The van der Waals surface area contributed by atoms with Crippen LogP contribution in [-0.4, -0.2) is 58.8 Å². The lowest BCUT2D eigenvalue weighted by atomic mass is 10.3. The van der Waals surface area contributed by atoms with E-state index in [1.54, 1.807) is 0 Å². The molecule has 0 unspecified atom stereocenters. The van der Waals surface area contributed by atoms with Gasteiger partial charge in [0.25, 0.3) is 0 Å². The fourth-order valence-electron chi connectivity index (χ4n) is 2.29. The van der Waals surface area contributed by atoms with E-state index in [2.05, 4.69) is 21.8 Å². The normalized spacial score (nSPS) is 18.6. The lowest BCUT2D eigenvalue weighted by Crippen LogP contribution is -2.46. The van der Waals surface area contributed by atoms with E-state index in [0.29, 0.717) is 5.82 Å². The first-order chi connectivity index (χ1) is 8.28. The maximum absolute atomic E-state index is 5.58. The van der Waals surface area contributed by atoms with Crippen LogP contribution in [0.3, 0.4) is 0 Å². The van der Waals surface area contributed by atoms with Crippen molar-refractivity contribution in [1.29, 1.82) is 0 Å². The molecule has 0 saturated carbocycles. The summed E-state index contributed by atoms with van der Waals surface area (Å²) in [4.78, 5) is 5.05. The third kappa shape index (κ3) is 3.71. The fourth-order valence-corrected chi connectivity index (χ4v) is 2.29. The van der Waals surface area contributed by atoms with E-state index in [0.717, 1.165) is 19.5 Å². The van der Waals surface area contributed by atoms with Crippen LogP contribution in [0.25, 0.3) is 0 Å². The highest BCUT2D eigenvalue weighted by molar-refractivity contribution is 5.23. The quantitative estimate of drug-likeness (QED) is 0.810. The highest BCUT2D eigenvalue weighted by Crippen LogP contribution is 2.03. The molecule has 0 aromatic carbocycles. The van der Waals surface area contributed by atoms with Crippen molar-refractivity contribution < 1.29 is 0 Å². The Labute approximate surface area is 103 Å². The van der Waals surface area contributed by atoms with E-state index >= 15 is 0 Å². The molecule has 5 nitrogen and oxygen atoms in total. The minimum Gasteiger partial charge on any atom is -0.382 e. The number of aryl methyl sites for hydroxylation is 1. The number of nitrogens with zero attached hydrogens (tertiary/aromatic N) is 4. The molecule has 0 atom stereocenters. The van der Waals surface area contributed by atoms with E-state index in [1.807, 2.05) is 16.9 Å². The van der Waals surface area contributed by atoms with Crippen LogP contribution in [0.15, 0.2) is 12.3 Å². The number of anilines is 1. The molecule has 2 heterocycles. The SMILES string of the molecule is CCN1CCN(CCCn2ccc(N)n2)CC1. The molecule has 1 aliphatic rings. The summed E-state index contributed by atoms with van der Waals surface area (Å²) in [6, 6.07) is 1.85. The second-order valence-electron chi connectivity index (χ2n) is 4.63. The molecule has 1 aromatic heterocycles. The van der Waals surface area contributed by atoms with Gasteiger partial charge in [-0.1, -0.05) is 6.92 Å². The van der Waals surface area contributed by atoms with Crippen molar-refractivity contribution in [3.05, 3.63) is 12.3 Å². The van der Waals surface area contributed by atoms with Gasteiger partial charge in [-0.2, -0.15) is 5.10 Å². The summed E-state index contributed by atoms with van der Waals surface area (Å²) in [5, 5.41) is 4.19. The Morgan fingerprint density at radius 3 is 2.47 bits per heavy atom. The van der Waals surface area contributed by atoms with Gasteiger partial charge in [0.05, 0.1) is 0 Å². The smallest absolute Gasteiger partial charge is 0.145 e. The minimum atomic E-state index is 0.613. The monoisotopic (exact) mass is 237 g/mol. The van der Waals surface area contributed by atoms with Gasteiger partial charge in [-0.05, 0) is 25.6 Å². The Morgan fingerprint density at radius 2 is 1.88 bits per heavy atom. The Balaban J connectivity index is 1.63. The van der Waals surface area contributed by atoms with Crippen molar-refractivity contribution in [3.63, 3.8) is 0 Å². The summed E-state index contributed by atoms with van der Waals surface area (Å²) in [6.07, 6.45) is 3.09. The molecule has 1 aromatic rings. The summed E-state index contributed by atoms with van der Waals surface area (Å²) in [7, 11) is 0. The Bertz CT molecular complexity index is 327. The van der Waals surface area contributed by atoms with Gasteiger partial charge >= 0.3 is 0 Å². The average Bonchev–Trinajstić information content (AvgIpc) is 2.76. The number of hydrogen-bond donors (Lipinski definition) is 1. The van der Waals surface area contributed by atoms with Crippen LogP contribution in [0.4, 0.5) is 5.82 Å². The molecule has 0 bridgehead atoms. The van der Waals surface area contributed by atoms with E-state index < -0.39 is 0 Å². The first kappa shape index (κ1) is 12.4. The number of nitrogens with two attached hydrogens (primary N) is 1. The molecule has 0 spiro atoms. The van der Waals surface area contributed by atoms with Crippen LogP contribution in [0.5, 0.6) is 0 Å². The highest BCUT2D eigenvalue weighted by Gasteiger charge is 2.14. The van der Waals surface area contributed by atoms with Crippen molar-refractivity contribution in [1.82, 2.24) is 19.6 Å². The van der Waals surface area contributed by atoms with Gasteiger partial charge in [0.15, 0.2) is 0 Å². The van der Waals surface area contributed by atoms with Gasteiger partial charge in [-0.15, -0.1) is 0 Å². The van der Waals surface area contributed by atoms with Crippen LogP contribution in [-0.2, 0) is 6.54 Å². The number of nitrogen functional groups attached to an aromatic ring is 1. The van der Waals surface area contributed by atoms with Gasteiger partial charge in [-0.25, -0.2) is 0 Å². The molecule has 0 aliphatic carbocycles. The predicted octanol–water partition coefficient (Wildman–Crippen LogP) is 0.493. The molecule has 1 fully saturated rings. The first-order valence-electron chi connectivity index (χ1n) is 6.51. The topological polar surface area (TPSA) is 50.3 Å². The third-order valence-corrected chi connectivity index (χ3v) is 3.43. The second-order valence-corrected chi connectivity index (χ2v) is 4.63. The van der Waals surface area contributed by atoms with Gasteiger partial charge in [0.2, 0.25) is 0 Å². The molecule has 17 heavy (non-hydrogen) atoms. The first-order valence-corrected chi connectivity index (χ1v) is 6.51. The fraction of sp³-hybridized carbons (Fsp3) is 0.750. The molecular weight excluding hydrogens is 214 g/mol. The Kier molecular flexibility index (Phi) is 4.39. The highest BCUT2D eigenvalue weighted by atomic mass is 15.3. The Hall–Kier alpha value is -1.07. The van der Waals surface area contributed by atoms with Crippen LogP contribution in [0.2, 0.25) is 0 Å². The standard InChI is InChI=1S/C12H23N5/c1-2-15-8-10-16(11-9-15)5-3-6-17-7-4-12(13)14-17/h4,7H,2-3,5-6,8-11H2,1H3,(H2,13,14). The molecule has 2 N–H and O–H groups in total. The number of piperazine rings is 1. The number of hydrogen-bond acceptors (Lipinski definition) is 4. The van der Waals surface area contributed by atoms with Gasteiger partial charge in [-0.3, -0.25) is 4.68 Å². The van der Waals surface area contributed by atoms with Crippen LogP contribution < -0.4 is 5.73 Å². The number of rotatable bonds is 5. The zero-order valence-corrected chi connectivity index (χ0v) is 10.7. The molecule has 1 saturated heterocycles. The molecule has 5 heteroatoms. The zero-order valence-electron chi connectivity index (χ0n) is 10.7. The third-order valence-electron chi connectivity index (χ3n) is 3.43. The van der Waals surface area contributed by atoms with Gasteiger partial charge < -0.3 is 15.5 Å². The largest absolute Gasteiger partial charge is 0.382 e. The van der Waals surface area contributed by atoms with E-state index in [9.17, 15) is 0 Å². The molecular formula is C12H23N5. The molecule has 1 aliphatic heterocycles. The van der Waals surface area contributed by atoms with Crippen molar-refractivity contribution in [2.75, 3.05) is 45.0 Å². The maximum Gasteiger partial charge on any atom is 0.145 e. The molecule has 96 valence electrons. The average molecular weight is 237 g/mol. The van der Waals surface area contributed by atoms with Crippen molar-refractivity contribution in [2.24, 2.45) is 0 Å². The van der Waals surface area contributed by atoms with Crippen molar-refractivity contribution in [3.8, 4) is 0 Å². The summed E-state index contributed by atoms with van der Waals surface area (Å²) < 4.78 is 1.93. The molecule has 0 radical (unpaired) electrons. The van der Waals surface area contributed by atoms with Crippen LogP contribution >= 0.6 is 0 Å². The van der Waals surface area contributed by atoms with Gasteiger partial charge in [0, 0.05) is 38.9 Å². The summed E-state index contributed by atoms with van der Waals surface area (Å²) in [5.74, 6) is 0.613. The number of aromatic nitrogens is 2. The van der Waals surface area contributed by atoms with E-state index in [4.69, 9.17) is 5.73 Å². The zero-order chi connectivity index (χ0) is 12.1. The van der Waals surface area contributed by atoms with E-state index in [-0.39, 0.29) is 0 Å². The molecule has 0 amide bonds. The minimum absolute atomic E-state index is 0.613. The van der Waals surface area contributed by atoms with Crippen molar-refractivity contribution in [2.45, 2.75) is 19.9 Å². The summed E-state index contributed by atoms with van der Waals surface area (Å²) in [5.41, 5.74) is 5.58.